The average Bonchev–Trinajstić information content (AvgIpc) is 3.11. The lowest BCUT2D eigenvalue weighted by atomic mass is 10.2. The van der Waals surface area contributed by atoms with Gasteiger partial charge in [0.25, 0.3) is 5.91 Å². The Morgan fingerprint density at radius 3 is 3.09 bits per heavy atom. The first-order chi connectivity index (χ1) is 11.2. The second kappa shape index (κ2) is 6.57. The van der Waals surface area contributed by atoms with Crippen LogP contribution in [-0.4, -0.2) is 40.3 Å². The predicted molar refractivity (Wildman–Crippen MR) is 84.5 cm³/mol. The Labute approximate surface area is 135 Å². The van der Waals surface area contributed by atoms with Gasteiger partial charge in [0.15, 0.2) is 16.7 Å². The number of amides is 2. The smallest absolute Gasteiger partial charge is 0.281 e. The van der Waals surface area contributed by atoms with Crippen molar-refractivity contribution in [1.29, 1.82) is 0 Å². The van der Waals surface area contributed by atoms with Crippen LogP contribution in [0.3, 0.4) is 0 Å². The number of carbonyl (C=O) groups excluding carboxylic acids is 2. The molecule has 1 saturated carbocycles. The number of aromatic amines is 1. The summed E-state index contributed by atoms with van der Waals surface area (Å²) >= 11 is 1.18. The van der Waals surface area contributed by atoms with E-state index in [1.165, 1.54) is 18.4 Å². The number of hydrogen-bond acceptors (Lipinski definition) is 7. The number of rotatable bonds is 7. The summed E-state index contributed by atoms with van der Waals surface area (Å²) in [6.45, 7) is 0. The topological polar surface area (TPSA) is 121 Å². The second-order valence-corrected chi connectivity index (χ2v) is 5.72. The van der Waals surface area contributed by atoms with Crippen molar-refractivity contribution in [3.8, 4) is 0 Å². The third-order valence-corrected chi connectivity index (χ3v) is 3.96. The van der Waals surface area contributed by atoms with Gasteiger partial charge in [-0.05, 0) is 12.8 Å². The van der Waals surface area contributed by atoms with E-state index >= 15 is 0 Å². The Hall–Kier alpha value is -2.75. The SMILES string of the molecule is CO/N=C(/C(=O)Nc1cc(C2CC2)[nH]n1)c1csc(NC=O)n1. The van der Waals surface area contributed by atoms with Gasteiger partial charge in [0, 0.05) is 23.1 Å². The Balaban J connectivity index is 1.74. The molecule has 3 rings (SSSR count). The van der Waals surface area contributed by atoms with Gasteiger partial charge in [0.2, 0.25) is 6.41 Å². The molecule has 0 atom stereocenters. The number of carbonyl (C=O) groups is 2. The van der Waals surface area contributed by atoms with Gasteiger partial charge in [-0.25, -0.2) is 4.98 Å². The van der Waals surface area contributed by atoms with E-state index in [0.717, 1.165) is 18.5 Å². The molecule has 9 nitrogen and oxygen atoms in total. The minimum absolute atomic E-state index is 0.00123. The fourth-order valence-electron chi connectivity index (χ4n) is 1.97. The van der Waals surface area contributed by atoms with Crippen LogP contribution in [0.1, 0.15) is 30.1 Å². The van der Waals surface area contributed by atoms with Crippen LogP contribution >= 0.6 is 11.3 Å². The van der Waals surface area contributed by atoms with Crippen LogP contribution in [-0.2, 0) is 14.4 Å². The Bertz CT molecular complexity index is 748. The van der Waals surface area contributed by atoms with Gasteiger partial charge in [-0.15, -0.1) is 11.3 Å². The first-order valence-electron chi connectivity index (χ1n) is 6.85. The molecule has 2 amide bonds. The van der Waals surface area contributed by atoms with Crippen LogP contribution < -0.4 is 10.6 Å². The summed E-state index contributed by atoms with van der Waals surface area (Å²) in [5.41, 5.74) is 1.31. The standard InChI is InChI=1S/C13H14N6O3S/c1-22-19-11(9-5-23-13(15-9)14-6-20)12(21)16-10-4-8(17-18-10)7-2-3-7/h4-7H,2-3H2,1H3,(H,14,15,20)(H2,16,17,18,21)/b19-11+. The summed E-state index contributed by atoms with van der Waals surface area (Å²) in [7, 11) is 1.34. The maximum atomic E-state index is 12.4. The number of thiazole rings is 1. The van der Waals surface area contributed by atoms with Gasteiger partial charge in [-0.3, -0.25) is 14.7 Å². The Morgan fingerprint density at radius 2 is 2.39 bits per heavy atom. The second-order valence-electron chi connectivity index (χ2n) is 4.86. The van der Waals surface area contributed by atoms with Crippen molar-refractivity contribution >= 4 is 40.3 Å². The predicted octanol–water partition coefficient (Wildman–Crippen LogP) is 1.30. The molecule has 0 unspecified atom stereocenters. The molecule has 0 radical (unpaired) electrons. The molecule has 1 aliphatic carbocycles. The highest BCUT2D eigenvalue weighted by Crippen LogP contribution is 2.39. The third kappa shape index (κ3) is 3.54. The van der Waals surface area contributed by atoms with E-state index in [1.54, 1.807) is 11.4 Å². The normalized spacial score (nSPS) is 14.4. The van der Waals surface area contributed by atoms with Crippen LogP contribution in [0.2, 0.25) is 0 Å². The van der Waals surface area contributed by atoms with Crippen molar-refractivity contribution in [1.82, 2.24) is 15.2 Å². The molecule has 1 aliphatic rings. The zero-order valence-corrected chi connectivity index (χ0v) is 13.0. The summed E-state index contributed by atoms with van der Waals surface area (Å²) in [4.78, 5) is 31.6. The van der Waals surface area contributed by atoms with Gasteiger partial charge in [-0.1, -0.05) is 5.16 Å². The van der Waals surface area contributed by atoms with Crippen molar-refractivity contribution in [3.63, 3.8) is 0 Å². The van der Waals surface area contributed by atoms with Crippen LogP contribution in [0.25, 0.3) is 0 Å². The minimum Gasteiger partial charge on any atom is -0.398 e. The highest BCUT2D eigenvalue weighted by atomic mass is 32.1. The zero-order chi connectivity index (χ0) is 16.2. The fraction of sp³-hybridized carbons (Fsp3) is 0.308. The first kappa shape index (κ1) is 15.2. The lowest BCUT2D eigenvalue weighted by molar-refractivity contribution is -0.110. The molecular formula is C13H14N6O3S. The van der Waals surface area contributed by atoms with Crippen molar-refractivity contribution < 1.29 is 14.4 Å². The molecule has 0 saturated heterocycles. The van der Waals surface area contributed by atoms with E-state index in [4.69, 9.17) is 4.84 Å². The van der Waals surface area contributed by atoms with Crippen molar-refractivity contribution in [3.05, 3.63) is 22.8 Å². The van der Waals surface area contributed by atoms with Crippen LogP contribution in [0.5, 0.6) is 0 Å². The third-order valence-electron chi connectivity index (χ3n) is 3.18. The molecule has 0 bridgehead atoms. The summed E-state index contributed by atoms with van der Waals surface area (Å²) in [5, 5.41) is 17.7. The molecule has 120 valence electrons. The zero-order valence-electron chi connectivity index (χ0n) is 12.2. The Kier molecular flexibility index (Phi) is 4.33. The monoisotopic (exact) mass is 334 g/mol. The lowest BCUT2D eigenvalue weighted by Gasteiger charge is -2.02. The molecule has 23 heavy (non-hydrogen) atoms. The molecule has 0 spiro atoms. The lowest BCUT2D eigenvalue weighted by Crippen LogP contribution is -2.24. The van der Waals surface area contributed by atoms with Gasteiger partial charge in [0.05, 0.1) is 0 Å². The number of oxime groups is 1. The van der Waals surface area contributed by atoms with Crippen molar-refractivity contribution in [2.75, 3.05) is 17.7 Å². The molecule has 3 N–H and O–H groups in total. The van der Waals surface area contributed by atoms with E-state index in [-0.39, 0.29) is 5.71 Å². The Morgan fingerprint density at radius 1 is 1.57 bits per heavy atom. The number of nitrogens with one attached hydrogen (secondary N) is 3. The summed E-state index contributed by atoms with van der Waals surface area (Å²) < 4.78 is 0. The highest BCUT2D eigenvalue weighted by Gasteiger charge is 2.26. The van der Waals surface area contributed by atoms with Crippen LogP contribution in [0.4, 0.5) is 10.9 Å². The van der Waals surface area contributed by atoms with Crippen LogP contribution in [0, 0.1) is 0 Å². The quantitative estimate of drug-likeness (QED) is 0.400. The van der Waals surface area contributed by atoms with Crippen molar-refractivity contribution in [2.24, 2.45) is 5.16 Å². The number of nitrogens with zero attached hydrogens (tertiary/aromatic N) is 3. The molecular weight excluding hydrogens is 320 g/mol. The number of hydrogen-bond donors (Lipinski definition) is 3. The van der Waals surface area contributed by atoms with Crippen LogP contribution in [0.15, 0.2) is 16.6 Å². The van der Waals surface area contributed by atoms with E-state index in [0.29, 0.717) is 29.0 Å². The number of aromatic nitrogens is 3. The number of H-pyrrole nitrogens is 1. The van der Waals surface area contributed by atoms with Gasteiger partial charge in [-0.2, -0.15) is 5.10 Å². The minimum atomic E-state index is -0.497. The molecule has 2 aromatic rings. The molecule has 0 aliphatic heterocycles. The molecule has 1 fully saturated rings. The van der Waals surface area contributed by atoms with E-state index in [2.05, 4.69) is 31.0 Å². The van der Waals surface area contributed by atoms with Gasteiger partial charge >= 0.3 is 0 Å². The molecule has 2 heterocycles. The fourth-order valence-corrected chi connectivity index (χ4v) is 2.63. The summed E-state index contributed by atoms with van der Waals surface area (Å²) in [6, 6.07) is 1.81. The van der Waals surface area contributed by atoms with E-state index < -0.39 is 5.91 Å². The first-order valence-corrected chi connectivity index (χ1v) is 7.73. The number of anilines is 2. The largest absolute Gasteiger partial charge is 0.398 e. The van der Waals surface area contributed by atoms with Gasteiger partial charge < -0.3 is 15.5 Å². The van der Waals surface area contributed by atoms with Gasteiger partial charge in [0.1, 0.15) is 12.8 Å². The maximum Gasteiger partial charge on any atom is 0.281 e. The summed E-state index contributed by atoms with van der Waals surface area (Å²) in [6.07, 6.45) is 2.79. The van der Waals surface area contributed by atoms with E-state index in [1.807, 2.05) is 0 Å². The highest BCUT2D eigenvalue weighted by molar-refractivity contribution is 7.14. The molecule has 0 aromatic carbocycles. The summed E-state index contributed by atoms with van der Waals surface area (Å²) in [5.74, 6) is 0.432. The molecule has 10 heteroatoms. The van der Waals surface area contributed by atoms with E-state index in [9.17, 15) is 9.59 Å². The van der Waals surface area contributed by atoms with Crippen molar-refractivity contribution in [2.45, 2.75) is 18.8 Å². The average molecular weight is 334 g/mol. The maximum absolute atomic E-state index is 12.4. The molecule has 2 aromatic heterocycles.